The molecule has 0 bridgehead atoms. The van der Waals surface area contributed by atoms with E-state index in [1.54, 1.807) is 6.08 Å². The Morgan fingerprint density at radius 3 is 2.30 bits per heavy atom. The molecule has 0 atom stereocenters. The third-order valence-electron chi connectivity index (χ3n) is 4.82. The molecule has 4 aromatic carbocycles. The van der Waals surface area contributed by atoms with Crippen molar-refractivity contribution in [2.24, 2.45) is 0 Å². The Morgan fingerprint density at radius 1 is 0.652 bits per heavy atom. The van der Waals surface area contributed by atoms with Gasteiger partial charge in [0.05, 0.1) is 0 Å². The summed E-state index contributed by atoms with van der Waals surface area (Å²) >= 11 is 0. The van der Waals surface area contributed by atoms with Gasteiger partial charge in [-0.05, 0) is 48.8 Å². The molecular formula is C22H14O. The maximum Gasteiger partial charge on any atom is 0.160 e. The zero-order valence-electron chi connectivity index (χ0n) is 12.5. The molecule has 0 unspecified atom stereocenters. The summed E-state index contributed by atoms with van der Waals surface area (Å²) in [6.07, 6.45) is 4.33. The van der Waals surface area contributed by atoms with E-state index in [2.05, 4.69) is 66.7 Å². The standard InChI is InChI=1S/C22H14O/c23-16-7-10-18-15(13-16)6-9-22-20(18)12-11-19-17-4-2-1-3-14(17)5-8-21(19)22/h1-6,8-13H,7H2. The fourth-order valence-corrected chi connectivity index (χ4v) is 3.73. The highest BCUT2D eigenvalue weighted by Gasteiger charge is 2.08. The lowest BCUT2D eigenvalue weighted by Crippen LogP contribution is -2.29. The zero-order chi connectivity index (χ0) is 15.4. The van der Waals surface area contributed by atoms with Gasteiger partial charge >= 0.3 is 0 Å². The van der Waals surface area contributed by atoms with Crippen molar-refractivity contribution in [2.75, 3.05) is 0 Å². The van der Waals surface area contributed by atoms with Crippen LogP contribution in [0.3, 0.4) is 0 Å². The summed E-state index contributed by atoms with van der Waals surface area (Å²) in [5, 5.41) is 9.82. The molecule has 0 aliphatic heterocycles. The van der Waals surface area contributed by atoms with Crippen molar-refractivity contribution in [1.82, 2.24) is 0 Å². The van der Waals surface area contributed by atoms with E-state index < -0.39 is 0 Å². The predicted molar refractivity (Wildman–Crippen MR) is 96.8 cm³/mol. The van der Waals surface area contributed by atoms with Gasteiger partial charge in [0.15, 0.2) is 5.78 Å². The molecule has 0 saturated heterocycles. The molecule has 0 heterocycles. The van der Waals surface area contributed by atoms with Crippen molar-refractivity contribution < 1.29 is 4.79 Å². The second-order valence-electron chi connectivity index (χ2n) is 6.13. The molecule has 0 saturated carbocycles. The van der Waals surface area contributed by atoms with Gasteiger partial charge in [-0.1, -0.05) is 66.7 Å². The topological polar surface area (TPSA) is 17.1 Å². The first kappa shape index (κ1) is 12.6. The van der Waals surface area contributed by atoms with Crippen molar-refractivity contribution >= 4 is 50.3 Å². The quantitative estimate of drug-likeness (QED) is 0.452. The van der Waals surface area contributed by atoms with Crippen LogP contribution in [0.15, 0.2) is 60.7 Å². The van der Waals surface area contributed by atoms with Crippen molar-refractivity contribution in [2.45, 2.75) is 6.42 Å². The highest BCUT2D eigenvalue weighted by molar-refractivity contribution is 6.18. The van der Waals surface area contributed by atoms with Gasteiger partial charge in [0.25, 0.3) is 0 Å². The molecule has 1 nitrogen and oxygen atoms in total. The molecule has 0 N–H and O–H groups in total. The van der Waals surface area contributed by atoms with E-state index in [0.717, 1.165) is 5.22 Å². The first-order valence-electron chi connectivity index (χ1n) is 7.89. The van der Waals surface area contributed by atoms with Gasteiger partial charge in [-0.15, -0.1) is 0 Å². The molecule has 4 aromatic rings. The number of carbonyl (C=O) groups excluding carboxylic acids is 1. The summed E-state index contributed by atoms with van der Waals surface area (Å²) in [6, 6.07) is 21.5. The largest absolute Gasteiger partial charge is 0.294 e. The Kier molecular flexibility index (Phi) is 2.48. The van der Waals surface area contributed by atoms with Gasteiger partial charge < -0.3 is 0 Å². The highest BCUT2D eigenvalue weighted by atomic mass is 16.1. The molecule has 1 aliphatic carbocycles. The smallest absolute Gasteiger partial charge is 0.160 e. The van der Waals surface area contributed by atoms with Crippen LogP contribution >= 0.6 is 0 Å². The van der Waals surface area contributed by atoms with E-state index in [0.29, 0.717) is 6.42 Å². The molecule has 108 valence electrons. The molecule has 23 heavy (non-hydrogen) atoms. The van der Waals surface area contributed by atoms with Crippen LogP contribution in [-0.4, -0.2) is 5.78 Å². The van der Waals surface area contributed by atoms with Crippen LogP contribution in [0.5, 0.6) is 0 Å². The lowest BCUT2D eigenvalue weighted by molar-refractivity contribution is -0.112. The number of fused-ring (bicyclic) bond motifs is 7. The van der Waals surface area contributed by atoms with Crippen molar-refractivity contribution in [3.63, 3.8) is 0 Å². The normalized spacial score (nSPS) is 13.8. The Hall–Kier alpha value is -2.93. The zero-order valence-corrected chi connectivity index (χ0v) is 12.5. The van der Waals surface area contributed by atoms with Crippen LogP contribution < -0.4 is 10.4 Å². The first-order valence-corrected chi connectivity index (χ1v) is 7.89. The Labute approximate surface area is 133 Å². The first-order chi connectivity index (χ1) is 11.3. The fourth-order valence-electron chi connectivity index (χ4n) is 3.73. The molecule has 0 amide bonds. The number of carbonyl (C=O) groups is 1. The summed E-state index contributed by atoms with van der Waals surface area (Å²) in [5.41, 5.74) is 0. The van der Waals surface area contributed by atoms with Crippen molar-refractivity contribution in [3.8, 4) is 0 Å². The number of ketones is 1. The summed E-state index contributed by atoms with van der Waals surface area (Å²) in [7, 11) is 0. The summed E-state index contributed by atoms with van der Waals surface area (Å²) in [6.45, 7) is 0. The summed E-state index contributed by atoms with van der Waals surface area (Å²) in [5.74, 6) is 0.184. The van der Waals surface area contributed by atoms with Crippen LogP contribution in [0.1, 0.15) is 6.42 Å². The average Bonchev–Trinajstić information content (AvgIpc) is 2.60. The lowest BCUT2D eigenvalue weighted by Gasteiger charge is -2.09. The van der Waals surface area contributed by atoms with Gasteiger partial charge in [-0.25, -0.2) is 0 Å². The molecule has 5 rings (SSSR count). The second kappa shape index (κ2) is 4.53. The molecule has 0 fully saturated rings. The van der Waals surface area contributed by atoms with E-state index >= 15 is 0 Å². The van der Waals surface area contributed by atoms with Gasteiger partial charge in [0.1, 0.15) is 0 Å². The summed E-state index contributed by atoms with van der Waals surface area (Å²) < 4.78 is 0. The minimum absolute atomic E-state index is 0.184. The van der Waals surface area contributed by atoms with Crippen LogP contribution in [0, 0.1) is 0 Å². The van der Waals surface area contributed by atoms with E-state index in [1.165, 1.54) is 37.5 Å². The molecule has 0 radical (unpaired) electrons. The van der Waals surface area contributed by atoms with Gasteiger partial charge in [0.2, 0.25) is 0 Å². The van der Waals surface area contributed by atoms with Crippen molar-refractivity contribution in [1.29, 1.82) is 0 Å². The number of hydrogen-bond donors (Lipinski definition) is 0. The number of Topliss-reactive ketones (excluding diaryl/α,β-unsaturated/α-hetero) is 1. The van der Waals surface area contributed by atoms with Crippen LogP contribution in [0.4, 0.5) is 0 Å². The average molecular weight is 294 g/mol. The minimum Gasteiger partial charge on any atom is -0.294 e. The van der Waals surface area contributed by atoms with E-state index in [1.807, 2.05) is 0 Å². The van der Waals surface area contributed by atoms with E-state index in [4.69, 9.17) is 0 Å². The molecule has 1 heteroatoms. The monoisotopic (exact) mass is 294 g/mol. The molecule has 1 aliphatic rings. The van der Waals surface area contributed by atoms with Crippen LogP contribution in [0.2, 0.25) is 0 Å². The van der Waals surface area contributed by atoms with E-state index in [-0.39, 0.29) is 5.78 Å². The predicted octanol–water partition coefficient (Wildman–Crippen LogP) is 3.68. The van der Waals surface area contributed by atoms with Gasteiger partial charge in [-0.2, -0.15) is 0 Å². The maximum absolute atomic E-state index is 11.6. The maximum atomic E-state index is 11.6. The molecule has 0 spiro atoms. The summed E-state index contributed by atoms with van der Waals surface area (Å²) in [4.78, 5) is 11.6. The van der Waals surface area contributed by atoms with Crippen LogP contribution in [0.25, 0.3) is 44.5 Å². The van der Waals surface area contributed by atoms with Gasteiger partial charge in [0, 0.05) is 6.42 Å². The number of rotatable bonds is 0. The molecular weight excluding hydrogens is 280 g/mol. The van der Waals surface area contributed by atoms with Crippen LogP contribution in [-0.2, 0) is 4.79 Å². The Bertz CT molecular complexity index is 1250. The Morgan fingerprint density at radius 2 is 1.35 bits per heavy atom. The van der Waals surface area contributed by atoms with Gasteiger partial charge in [-0.3, -0.25) is 4.79 Å². The SMILES string of the molecule is O=C1C=c2ccc3c(ccc4c5ccccc5ccc34)c2=CC1. The Balaban J connectivity index is 2.01. The van der Waals surface area contributed by atoms with E-state index in [9.17, 15) is 4.79 Å². The number of hydrogen-bond acceptors (Lipinski definition) is 1. The van der Waals surface area contributed by atoms with Crippen molar-refractivity contribution in [3.05, 3.63) is 71.1 Å². The highest BCUT2D eigenvalue weighted by Crippen LogP contribution is 2.29. The minimum atomic E-state index is 0.184. The lowest BCUT2D eigenvalue weighted by atomic mass is 9.94. The third kappa shape index (κ3) is 1.77. The second-order valence-corrected chi connectivity index (χ2v) is 6.13. The fraction of sp³-hybridized carbons (Fsp3) is 0.0455. The number of benzene rings is 4. The third-order valence-corrected chi connectivity index (χ3v) is 4.82. The molecule has 0 aromatic heterocycles.